The number of aliphatic carboxylic acids is 1. The molecule has 0 aliphatic carbocycles. The van der Waals surface area contributed by atoms with Gasteiger partial charge in [-0.3, -0.25) is 4.79 Å². The van der Waals surface area contributed by atoms with Gasteiger partial charge in [-0.05, 0) is 29.2 Å². The van der Waals surface area contributed by atoms with E-state index in [1.165, 1.54) is 17.3 Å². The second-order valence-corrected chi connectivity index (χ2v) is 6.15. The molecular formula is C17H18O2S. The Labute approximate surface area is 123 Å². The fraction of sp³-hybridized carbons (Fsp3) is 0.235. The molecule has 0 radical (unpaired) electrons. The van der Waals surface area contributed by atoms with Crippen LogP contribution in [0.1, 0.15) is 36.1 Å². The summed E-state index contributed by atoms with van der Waals surface area (Å²) in [6.45, 7) is 4.29. The van der Waals surface area contributed by atoms with Gasteiger partial charge >= 0.3 is 5.97 Å². The molecule has 0 heterocycles. The number of carboxylic acid groups (broad SMARTS) is 1. The summed E-state index contributed by atoms with van der Waals surface area (Å²) in [6.07, 6.45) is 0. The summed E-state index contributed by atoms with van der Waals surface area (Å²) < 4.78 is 0. The Morgan fingerprint density at radius 1 is 0.950 bits per heavy atom. The third-order valence-electron chi connectivity index (χ3n) is 3.13. The van der Waals surface area contributed by atoms with E-state index in [9.17, 15) is 9.90 Å². The molecule has 2 nitrogen and oxygen atoms in total. The summed E-state index contributed by atoms with van der Waals surface area (Å²) >= 11 is 1.37. The van der Waals surface area contributed by atoms with Crippen LogP contribution in [0.15, 0.2) is 59.5 Å². The van der Waals surface area contributed by atoms with E-state index in [0.29, 0.717) is 5.92 Å². The van der Waals surface area contributed by atoms with Crippen molar-refractivity contribution in [2.45, 2.75) is 29.9 Å². The first-order valence-electron chi connectivity index (χ1n) is 6.62. The van der Waals surface area contributed by atoms with Crippen LogP contribution in [0.5, 0.6) is 0 Å². The molecule has 0 saturated heterocycles. The predicted octanol–water partition coefficient (Wildman–Crippen LogP) is 4.73. The predicted molar refractivity (Wildman–Crippen MR) is 83.2 cm³/mol. The molecule has 2 aromatic carbocycles. The minimum absolute atomic E-state index is 0.485. The van der Waals surface area contributed by atoms with Crippen LogP contribution in [-0.2, 0) is 4.79 Å². The number of rotatable bonds is 5. The first-order chi connectivity index (χ1) is 9.58. The van der Waals surface area contributed by atoms with E-state index in [4.69, 9.17) is 0 Å². The fourth-order valence-corrected chi connectivity index (χ4v) is 2.92. The Morgan fingerprint density at radius 3 is 2.05 bits per heavy atom. The molecule has 2 rings (SSSR count). The third-order valence-corrected chi connectivity index (χ3v) is 4.38. The topological polar surface area (TPSA) is 37.3 Å². The molecule has 0 aromatic heterocycles. The number of hydrogen-bond donors (Lipinski definition) is 1. The fourth-order valence-electron chi connectivity index (χ4n) is 1.96. The summed E-state index contributed by atoms with van der Waals surface area (Å²) in [5, 5.41) is 8.84. The Bertz CT molecular complexity index is 561. The lowest BCUT2D eigenvalue weighted by atomic mass is 10.0. The molecule has 1 atom stereocenters. The van der Waals surface area contributed by atoms with Crippen molar-refractivity contribution in [2.24, 2.45) is 0 Å². The van der Waals surface area contributed by atoms with Gasteiger partial charge in [-0.25, -0.2) is 0 Å². The highest BCUT2D eigenvalue weighted by Crippen LogP contribution is 2.35. The van der Waals surface area contributed by atoms with Gasteiger partial charge in [0.15, 0.2) is 0 Å². The van der Waals surface area contributed by atoms with Crippen LogP contribution < -0.4 is 0 Å². The molecule has 20 heavy (non-hydrogen) atoms. The van der Waals surface area contributed by atoms with Crippen molar-refractivity contribution in [1.82, 2.24) is 0 Å². The van der Waals surface area contributed by atoms with Gasteiger partial charge in [0.05, 0.1) is 0 Å². The average molecular weight is 286 g/mol. The SMILES string of the molecule is CC(C)c1ccc(SC(C(=O)O)c2ccccc2)cc1. The standard InChI is InChI=1S/C17H18O2S/c1-12(2)13-8-10-15(11-9-13)20-16(17(18)19)14-6-4-3-5-7-14/h3-12,16H,1-2H3,(H,18,19). The monoisotopic (exact) mass is 286 g/mol. The van der Waals surface area contributed by atoms with Crippen molar-refractivity contribution in [2.75, 3.05) is 0 Å². The lowest BCUT2D eigenvalue weighted by Crippen LogP contribution is -2.07. The first kappa shape index (κ1) is 14.7. The number of carboxylic acids is 1. The van der Waals surface area contributed by atoms with E-state index < -0.39 is 11.2 Å². The van der Waals surface area contributed by atoms with E-state index in [2.05, 4.69) is 26.0 Å². The maximum Gasteiger partial charge on any atom is 0.321 e. The summed E-state index contributed by atoms with van der Waals surface area (Å²) in [5.74, 6) is -0.326. The molecule has 1 N–H and O–H groups in total. The number of benzene rings is 2. The molecule has 0 aliphatic heterocycles. The number of carbonyl (C=O) groups is 1. The normalized spacial score (nSPS) is 12.3. The summed E-state index contributed by atoms with van der Waals surface area (Å²) in [5.41, 5.74) is 2.08. The second kappa shape index (κ2) is 6.62. The molecule has 3 heteroatoms. The average Bonchev–Trinajstić information content (AvgIpc) is 2.46. The largest absolute Gasteiger partial charge is 0.480 e. The highest BCUT2D eigenvalue weighted by atomic mass is 32.2. The van der Waals surface area contributed by atoms with Crippen LogP contribution in [0.2, 0.25) is 0 Å². The zero-order chi connectivity index (χ0) is 14.5. The Hall–Kier alpha value is -1.74. The Morgan fingerprint density at radius 2 is 1.55 bits per heavy atom. The van der Waals surface area contributed by atoms with Crippen LogP contribution in [0.4, 0.5) is 0 Å². The highest BCUT2D eigenvalue weighted by molar-refractivity contribution is 8.00. The van der Waals surface area contributed by atoms with Crippen molar-refractivity contribution >= 4 is 17.7 Å². The van der Waals surface area contributed by atoms with Crippen LogP contribution in [0, 0.1) is 0 Å². The molecule has 0 fully saturated rings. The van der Waals surface area contributed by atoms with Gasteiger partial charge in [0.25, 0.3) is 0 Å². The van der Waals surface area contributed by atoms with E-state index in [1.54, 1.807) is 0 Å². The third kappa shape index (κ3) is 3.64. The second-order valence-electron chi connectivity index (χ2n) is 4.97. The van der Waals surface area contributed by atoms with E-state index in [1.807, 2.05) is 42.5 Å². The smallest absolute Gasteiger partial charge is 0.321 e. The van der Waals surface area contributed by atoms with E-state index in [-0.39, 0.29) is 0 Å². The van der Waals surface area contributed by atoms with Crippen LogP contribution >= 0.6 is 11.8 Å². The Kier molecular flexibility index (Phi) is 4.85. The van der Waals surface area contributed by atoms with Gasteiger partial charge in [-0.2, -0.15) is 0 Å². The summed E-state index contributed by atoms with van der Waals surface area (Å²) in [4.78, 5) is 12.4. The molecular weight excluding hydrogens is 268 g/mol. The van der Waals surface area contributed by atoms with Gasteiger partial charge in [0.1, 0.15) is 5.25 Å². The van der Waals surface area contributed by atoms with Gasteiger partial charge in [0, 0.05) is 4.90 Å². The lowest BCUT2D eigenvalue weighted by molar-refractivity contribution is -0.136. The van der Waals surface area contributed by atoms with Crippen molar-refractivity contribution in [3.05, 3.63) is 65.7 Å². The quantitative estimate of drug-likeness (QED) is 0.807. The van der Waals surface area contributed by atoms with Crippen LogP contribution in [0.25, 0.3) is 0 Å². The minimum atomic E-state index is -0.811. The van der Waals surface area contributed by atoms with Gasteiger partial charge in [-0.15, -0.1) is 11.8 Å². The molecule has 0 saturated carbocycles. The molecule has 0 bridgehead atoms. The molecule has 2 aromatic rings. The van der Waals surface area contributed by atoms with E-state index >= 15 is 0 Å². The molecule has 104 valence electrons. The van der Waals surface area contributed by atoms with Crippen molar-refractivity contribution in [3.63, 3.8) is 0 Å². The highest BCUT2D eigenvalue weighted by Gasteiger charge is 2.20. The van der Waals surface area contributed by atoms with Gasteiger partial charge in [0.2, 0.25) is 0 Å². The van der Waals surface area contributed by atoms with Gasteiger partial charge in [-0.1, -0.05) is 56.3 Å². The zero-order valence-electron chi connectivity index (χ0n) is 11.6. The molecule has 1 unspecified atom stereocenters. The minimum Gasteiger partial charge on any atom is -0.480 e. The maximum atomic E-state index is 11.5. The van der Waals surface area contributed by atoms with Crippen LogP contribution in [-0.4, -0.2) is 11.1 Å². The molecule has 0 spiro atoms. The molecule has 0 amide bonds. The number of hydrogen-bond acceptors (Lipinski definition) is 2. The van der Waals surface area contributed by atoms with Crippen molar-refractivity contribution in [3.8, 4) is 0 Å². The zero-order valence-corrected chi connectivity index (χ0v) is 12.4. The van der Waals surface area contributed by atoms with E-state index in [0.717, 1.165) is 10.5 Å². The maximum absolute atomic E-state index is 11.5. The van der Waals surface area contributed by atoms with Gasteiger partial charge < -0.3 is 5.11 Å². The first-order valence-corrected chi connectivity index (χ1v) is 7.50. The summed E-state index contributed by atoms with van der Waals surface area (Å²) in [7, 11) is 0. The Balaban J connectivity index is 2.19. The number of thioether (sulfide) groups is 1. The summed E-state index contributed by atoms with van der Waals surface area (Å²) in [6, 6.07) is 17.5. The lowest BCUT2D eigenvalue weighted by Gasteiger charge is -2.13. The van der Waals surface area contributed by atoms with Crippen LogP contribution in [0.3, 0.4) is 0 Å². The molecule has 0 aliphatic rings. The van der Waals surface area contributed by atoms with Crippen molar-refractivity contribution < 1.29 is 9.90 Å². The van der Waals surface area contributed by atoms with Crippen molar-refractivity contribution in [1.29, 1.82) is 0 Å².